The van der Waals surface area contributed by atoms with Crippen molar-refractivity contribution in [2.45, 2.75) is 51.5 Å². The van der Waals surface area contributed by atoms with Crippen molar-refractivity contribution in [2.75, 3.05) is 0 Å². The summed E-state index contributed by atoms with van der Waals surface area (Å²) in [5, 5.41) is 2.98. The number of carbonyl (C=O) groups is 1. The SMILES string of the molecule is CCC(C)(NC(=O)C1CCCC1)C(N)=S. The second-order valence-electron chi connectivity index (χ2n) is 4.52. The fourth-order valence-corrected chi connectivity index (χ4v) is 2.08. The molecular formula is C11H20N2OS. The lowest BCUT2D eigenvalue weighted by Gasteiger charge is -2.29. The Hall–Kier alpha value is -0.640. The van der Waals surface area contributed by atoms with Crippen LogP contribution in [0, 0.1) is 5.92 Å². The molecule has 86 valence electrons. The fraction of sp³-hybridized carbons (Fsp3) is 0.818. The minimum atomic E-state index is -0.519. The minimum Gasteiger partial charge on any atom is -0.391 e. The van der Waals surface area contributed by atoms with Crippen LogP contribution in [0.4, 0.5) is 0 Å². The van der Waals surface area contributed by atoms with Crippen LogP contribution < -0.4 is 11.1 Å². The summed E-state index contributed by atoms with van der Waals surface area (Å²) >= 11 is 4.99. The smallest absolute Gasteiger partial charge is 0.223 e. The number of rotatable bonds is 4. The molecule has 0 aliphatic heterocycles. The molecule has 4 heteroatoms. The van der Waals surface area contributed by atoms with E-state index in [2.05, 4.69) is 5.32 Å². The molecule has 1 unspecified atom stereocenters. The Morgan fingerprint density at radius 2 is 2.07 bits per heavy atom. The second-order valence-corrected chi connectivity index (χ2v) is 4.96. The summed E-state index contributed by atoms with van der Waals surface area (Å²) in [5.41, 5.74) is 5.13. The summed E-state index contributed by atoms with van der Waals surface area (Å²) in [6.07, 6.45) is 5.06. The average Bonchev–Trinajstić information content (AvgIpc) is 2.70. The van der Waals surface area contributed by atoms with Gasteiger partial charge in [-0.05, 0) is 26.2 Å². The molecule has 3 N–H and O–H groups in total. The van der Waals surface area contributed by atoms with Gasteiger partial charge in [0.25, 0.3) is 0 Å². The summed E-state index contributed by atoms with van der Waals surface area (Å²) in [6, 6.07) is 0. The first kappa shape index (κ1) is 12.4. The lowest BCUT2D eigenvalue weighted by Crippen LogP contribution is -2.55. The zero-order valence-corrected chi connectivity index (χ0v) is 10.3. The number of amides is 1. The van der Waals surface area contributed by atoms with E-state index in [-0.39, 0.29) is 11.8 Å². The Balaban J connectivity index is 2.58. The molecule has 1 amide bonds. The highest BCUT2D eigenvalue weighted by atomic mass is 32.1. The van der Waals surface area contributed by atoms with Gasteiger partial charge < -0.3 is 11.1 Å². The molecule has 1 rings (SSSR count). The minimum absolute atomic E-state index is 0.115. The van der Waals surface area contributed by atoms with Crippen molar-refractivity contribution in [3.63, 3.8) is 0 Å². The van der Waals surface area contributed by atoms with E-state index in [1.807, 2.05) is 13.8 Å². The molecule has 3 nitrogen and oxygen atoms in total. The van der Waals surface area contributed by atoms with E-state index in [4.69, 9.17) is 18.0 Å². The van der Waals surface area contributed by atoms with Gasteiger partial charge >= 0.3 is 0 Å². The maximum absolute atomic E-state index is 11.9. The molecule has 0 bridgehead atoms. The van der Waals surface area contributed by atoms with Crippen LogP contribution in [0.3, 0.4) is 0 Å². The largest absolute Gasteiger partial charge is 0.391 e. The summed E-state index contributed by atoms with van der Waals surface area (Å²) in [5.74, 6) is 0.287. The molecule has 1 saturated carbocycles. The van der Waals surface area contributed by atoms with Gasteiger partial charge in [0.05, 0.1) is 10.5 Å². The molecular weight excluding hydrogens is 208 g/mol. The maximum atomic E-state index is 11.9. The highest BCUT2D eigenvalue weighted by Crippen LogP contribution is 2.25. The van der Waals surface area contributed by atoms with Crippen molar-refractivity contribution < 1.29 is 4.79 Å². The van der Waals surface area contributed by atoms with E-state index < -0.39 is 5.54 Å². The maximum Gasteiger partial charge on any atom is 0.223 e. The van der Waals surface area contributed by atoms with Crippen molar-refractivity contribution in [2.24, 2.45) is 11.7 Å². The van der Waals surface area contributed by atoms with E-state index in [1.165, 1.54) is 0 Å². The van der Waals surface area contributed by atoms with Gasteiger partial charge in [-0.25, -0.2) is 0 Å². The van der Waals surface area contributed by atoms with Crippen molar-refractivity contribution in [3.8, 4) is 0 Å². The van der Waals surface area contributed by atoms with Crippen LogP contribution in [-0.4, -0.2) is 16.4 Å². The summed E-state index contributed by atoms with van der Waals surface area (Å²) in [4.78, 5) is 12.3. The number of hydrogen-bond donors (Lipinski definition) is 2. The van der Waals surface area contributed by atoms with Crippen LogP contribution in [0.5, 0.6) is 0 Å². The molecule has 0 heterocycles. The Bertz CT molecular complexity index is 261. The first-order chi connectivity index (χ1) is 6.99. The normalized spacial score (nSPS) is 20.9. The van der Waals surface area contributed by atoms with E-state index in [1.54, 1.807) is 0 Å². The van der Waals surface area contributed by atoms with E-state index in [0.717, 1.165) is 32.1 Å². The van der Waals surface area contributed by atoms with Crippen LogP contribution in [0.1, 0.15) is 46.0 Å². The van der Waals surface area contributed by atoms with Gasteiger partial charge in [-0.2, -0.15) is 0 Å². The fourth-order valence-electron chi connectivity index (χ4n) is 1.89. The average molecular weight is 228 g/mol. The Morgan fingerprint density at radius 3 is 2.47 bits per heavy atom. The topological polar surface area (TPSA) is 55.1 Å². The lowest BCUT2D eigenvalue weighted by atomic mass is 9.97. The van der Waals surface area contributed by atoms with Gasteiger partial charge in [-0.15, -0.1) is 0 Å². The zero-order chi connectivity index (χ0) is 11.5. The van der Waals surface area contributed by atoms with Crippen LogP contribution in [-0.2, 0) is 4.79 Å². The third kappa shape index (κ3) is 2.91. The molecule has 0 radical (unpaired) electrons. The van der Waals surface area contributed by atoms with Crippen LogP contribution >= 0.6 is 12.2 Å². The predicted octanol–water partition coefficient (Wildman–Crippen LogP) is 1.75. The van der Waals surface area contributed by atoms with Crippen LogP contribution in [0.2, 0.25) is 0 Å². The summed E-state index contributed by atoms with van der Waals surface area (Å²) < 4.78 is 0. The molecule has 1 aliphatic rings. The van der Waals surface area contributed by atoms with Crippen molar-refractivity contribution in [3.05, 3.63) is 0 Å². The van der Waals surface area contributed by atoms with Gasteiger partial charge in [0.15, 0.2) is 0 Å². The second kappa shape index (κ2) is 4.92. The third-order valence-electron chi connectivity index (χ3n) is 3.38. The molecule has 15 heavy (non-hydrogen) atoms. The highest BCUT2D eigenvalue weighted by molar-refractivity contribution is 7.80. The molecule has 0 aromatic carbocycles. The van der Waals surface area contributed by atoms with E-state index in [9.17, 15) is 4.79 Å². The standard InChI is InChI=1S/C11H20N2OS/c1-3-11(2,10(12)15)13-9(14)8-6-4-5-7-8/h8H,3-7H2,1-2H3,(H2,12,15)(H,13,14). The molecule has 1 atom stereocenters. The lowest BCUT2D eigenvalue weighted by molar-refractivity contribution is -0.125. The first-order valence-electron chi connectivity index (χ1n) is 5.61. The third-order valence-corrected chi connectivity index (χ3v) is 3.83. The van der Waals surface area contributed by atoms with Gasteiger partial charge in [0.2, 0.25) is 5.91 Å². The number of nitrogens with one attached hydrogen (secondary N) is 1. The Labute approximate surface area is 96.8 Å². The Morgan fingerprint density at radius 1 is 1.53 bits per heavy atom. The molecule has 1 aliphatic carbocycles. The summed E-state index contributed by atoms with van der Waals surface area (Å²) in [7, 11) is 0. The molecule has 0 aromatic rings. The van der Waals surface area contributed by atoms with Gasteiger partial charge in [0.1, 0.15) is 0 Å². The quantitative estimate of drug-likeness (QED) is 0.721. The zero-order valence-electron chi connectivity index (χ0n) is 9.51. The summed E-state index contributed by atoms with van der Waals surface area (Å²) in [6.45, 7) is 3.87. The van der Waals surface area contributed by atoms with Gasteiger partial charge in [-0.3, -0.25) is 4.79 Å². The van der Waals surface area contributed by atoms with Crippen LogP contribution in [0.15, 0.2) is 0 Å². The van der Waals surface area contributed by atoms with Crippen LogP contribution in [0.25, 0.3) is 0 Å². The van der Waals surface area contributed by atoms with Crippen molar-refractivity contribution in [1.29, 1.82) is 0 Å². The number of carbonyl (C=O) groups excluding carboxylic acids is 1. The molecule has 0 aromatic heterocycles. The number of thiocarbonyl (C=S) groups is 1. The highest BCUT2D eigenvalue weighted by Gasteiger charge is 2.31. The molecule has 0 saturated heterocycles. The Kier molecular flexibility index (Phi) is 4.08. The van der Waals surface area contributed by atoms with Gasteiger partial charge in [0, 0.05) is 5.92 Å². The number of nitrogens with two attached hydrogens (primary N) is 1. The monoisotopic (exact) mass is 228 g/mol. The van der Waals surface area contributed by atoms with Crippen molar-refractivity contribution in [1.82, 2.24) is 5.32 Å². The molecule has 0 spiro atoms. The van der Waals surface area contributed by atoms with E-state index >= 15 is 0 Å². The first-order valence-corrected chi connectivity index (χ1v) is 6.02. The number of hydrogen-bond acceptors (Lipinski definition) is 2. The predicted molar refractivity (Wildman–Crippen MR) is 65.6 cm³/mol. The molecule has 1 fully saturated rings. The van der Waals surface area contributed by atoms with Gasteiger partial charge in [-0.1, -0.05) is 32.0 Å². The van der Waals surface area contributed by atoms with Crippen molar-refractivity contribution >= 4 is 23.1 Å². The van der Waals surface area contributed by atoms with E-state index in [0.29, 0.717) is 4.99 Å².